The first-order chi connectivity index (χ1) is 8.22. The van der Waals surface area contributed by atoms with Crippen molar-refractivity contribution in [1.29, 1.82) is 0 Å². The molecule has 1 aliphatic rings. The van der Waals surface area contributed by atoms with Gasteiger partial charge in [0.15, 0.2) is 0 Å². The minimum atomic E-state index is -1.13. The standard InChI is InChI=1S/C14H21FN2/c15-14(12-16)7-4-9-17(10-8-14)11-13-5-2-1-3-6-13/h1-3,5-6H,4,7-12,16H2. The summed E-state index contributed by atoms with van der Waals surface area (Å²) in [6.45, 7) is 2.86. The number of likely N-dealkylation sites (tertiary alicyclic amines) is 1. The molecule has 1 aliphatic heterocycles. The Labute approximate surface area is 103 Å². The number of alkyl halides is 1. The van der Waals surface area contributed by atoms with E-state index >= 15 is 0 Å². The van der Waals surface area contributed by atoms with Crippen LogP contribution in [-0.2, 0) is 6.54 Å². The highest BCUT2D eigenvalue weighted by Gasteiger charge is 2.30. The maximum absolute atomic E-state index is 14.1. The van der Waals surface area contributed by atoms with Crippen molar-refractivity contribution in [2.24, 2.45) is 5.73 Å². The van der Waals surface area contributed by atoms with Crippen molar-refractivity contribution in [3.63, 3.8) is 0 Å². The number of hydrogen-bond acceptors (Lipinski definition) is 2. The van der Waals surface area contributed by atoms with Crippen LogP contribution in [0.4, 0.5) is 4.39 Å². The quantitative estimate of drug-likeness (QED) is 0.873. The topological polar surface area (TPSA) is 29.3 Å². The smallest absolute Gasteiger partial charge is 0.124 e. The molecule has 0 aliphatic carbocycles. The fourth-order valence-corrected chi connectivity index (χ4v) is 2.42. The number of halogens is 1. The molecule has 0 aromatic heterocycles. The molecule has 0 radical (unpaired) electrons. The van der Waals surface area contributed by atoms with Crippen LogP contribution in [0.15, 0.2) is 30.3 Å². The van der Waals surface area contributed by atoms with E-state index in [0.717, 1.165) is 26.1 Å². The van der Waals surface area contributed by atoms with Gasteiger partial charge in [-0.15, -0.1) is 0 Å². The monoisotopic (exact) mass is 236 g/mol. The van der Waals surface area contributed by atoms with E-state index in [-0.39, 0.29) is 6.54 Å². The first kappa shape index (κ1) is 12.5. The maximum atomic E-state index is 14.1. The van der Waals surface area contributed by atoms with E-state index in [9.17, 15) is 4.39 Å². The average Bonchev–Trinajstić information content (AvgIpc) is 2.54. The fraction of sp³-hybridized carbons (Fsp3) is 0.571. The molecule has 2 N–H and O–H groups in total. The molecule has 0 spiro atoms. The lowest BCUT2D eigenvalue weighted by Crippen LogP contribution is -2.34. The first-order valence-electron chi connectivity index (χ1n) is 6.37. The van der Waals surface area contributed by atoms with Gasteiger partial charge in [-0.1, -0.05) is 30.3 Å². The highest BCUT2D eigenvalue weighted by Crippen LogP contribution is 2.25. The van der Waals surface area contributed by atoms with E-state index in [1.807, 2.05) is 18.2 Å². The fourth-order valence-electron chi connectivity index (χ4n) is 2.42. The molecule has 94 valence electrons. The van der Waals surface area contributed by atoms with Gasteiger partial charge in [-0.05, 0) is 31.4 Å². The zero-order chi connectivity index (χ0) is 12.1. The van der Waals surface area contributed by atoms with Gasteiger partial charge in [-0.25, -0.2) is 4.39 Å². The molecule has 1 atom stereocenters. The maximum Gasteiger partial charge on any atom is 0.124 e. The lowest BCUT2D eigenvalue weighted by Gasteiger charge is -2.22. The van der Waals surface area contributed by atoms with Crippen molar-refractivity contribution in [3.05, 3.63) is 35.9 Å². The molecule has 1 aromatic rings. The molecule has 2 nitrogen and oxygen atoms in total. The Morgan fingerprint density at radius 1 is 1.18 bits per heavy atom. The van der Waals surface area contributed by atoms with Crippen LogP contribution < -0.4 is 5.73 Å². The molecule has 17 heavy (non-hydrogen) atoms. The summed E-state index contributed by atoms with van der Waals surface area (Å²) in [7, 11) is 0. The summed E-state index contributed by atoms with van der Waals surface area (Å²) in [4.78, 5) is 2.33. The lowest BCUT2D eigenvalue weighted by molar-refractivity contribution is 0.147. The lowest BCUT2D eigenvalue weighted by atomic mass is 9.97. The predicted octanol–water partition coefficient (Wildman–Crippen LogP) is 2.34. The highest BCUT2D eigenvalue weighted by atomic mass is 19.1. The van der Waals surface area contributed by atoms with Crippen molar-refractivity contribution < 1.29 is 4.39 Å². The minimum absolute atomic E-state index is 0.159. The van der Waals surface area contributed by atoms with Crippen LogP contribution in [0.2, 0.25) is 0 Å². The van der Waals surface area contributed by atoms with Crippen molar-refractivity contribution >= 4 is 0 Å². The number of rotatable bonds is 3. The average molecular weight is 236 g/mol. The van der Waals surface area contributed by atoms with Crippen LogP contribution in [0.25, 0.3) is 0 Å². The summed E-state index contributed by atoms with van der Waals surface area (Å²) in [5.41, 5.74) is 5.68. The van der Waals surface area contributed by atoms with E-state index in [1.54, 1.807) is 0 Å². The molecule has 1 aromatic carbocycles. The van der Waals surface area contributed by atoms with Gasteiger partial charge in [0.25, 0.3) is 0 Å². The Morgan fingerprint density at radius 2 is 1.94 bits per heavy atom. The molecule has 0 saturated carbocycles. The number of nitrogens with two attached hydrogens (primary N) is 1. The molecule has 2 rings (SSSR count). The van der Waals surface area contributed by atoms with E-state index in [2.05, 4.69) is 17.0 Å². The summed E-state index contributed by atoms with van der Waals surface area (Å²) in [5.74, 6) is 0. The summed E-state index contributed by atoms with van der Waals surface area (Å²) in [6.07, 6.45) is 2.08. The van der Waals surface area contributed by atoms with Gasteiger partial charge < -0.3 is 5.73 Å². The van der Waals surface area contributed by atoms with E-state index in [1.165, 1.54) is 5.56 Å². The predicted molar refractivity (Wildman–Crippen MR) is 68.5 cm³/mol. The van der Waals surface area contributed by atoms with Crippen molar-refractivity contribution in [2.45, 2.75) is 31.5 Å². The SMILES string of the molecule is NCC1(F)CCCN(Cc2ccccc2)CC1. The molecule has 1 unspecified atom stereocenters. The summed E-state index contributed by atoms with van der Waals surface area (Å²) >= 11 is 0. The molecule has 1 heterocycles. The minimum Gasteiger partial charge on any atom is -0.328 e. The first-order valence-corrected chi connectivity index (χ1v) is 6.37. The second-order valence-corrected chi connectivity index (χ2v) is 4.97. The molecule has 3 heteroatoms. The van der Waals surface area contributed by atoms with Gasteiger partial charge in [0.2, 0.25) is 0 Å². The molecular formula is C14H21FN2. The summed E-state index contributed by atoms with van der Waals surface area (Å²) in [6, 6.07) is 10.4. The van der Waals surface area contributed by atoms with Crippen molar-refractivity contribution in [3.8, 4) is 0 Å². The largest absolute Gasteiger partial charge is 0.328 e. The van der Waals surface area contributed by atoms with E-state index in [4.69, 9.17) is 5.73 Å². The zero-order valence-electron chi connectivity index (χ0n) is 10.2. The number of nitrogens with zero attached hydrogens (tertiary/aromatic N) is 1. The van der Waals surface area contributed by atoms with Gasteiger partial charge in [-0.2, -0.15) is 0 Å². The van der Waals surface area contributed by atoms with Crippen LogP contribution in [0.3, 0.4) is 0 Å². The Hall–Kier alpha value is -0.930. The van der Waals surface area contributed by atoms with Crippen LogP contribution in [0.1, 0.15) is 24.8 Å². The Morgan fingerprint density at radius 3 is 2.65 bits per heavy atom. The molecule has 1 fully saturated rings. The normalized spacial score (nSPS) is 26.7. The van der Waals surface area contributed by atoms with E-state index in [0.29, 0.717) is 12.8 Å². The number of hydrogen-bond donors (Lipinski definition) is 1. The van der Waals surface area contributed by atoms with Gasteiger partial charge in [-0.3, -0.25) is 4.90 Å². The third-order valence-corrected chi connectivity index (χ3v) is 3.59. The third kappa shape index (κ3) is 3.51. The Kier molecular flexibility index (Phi) is 4.13. The van der Waals surface area contributed by atoms with E-state index < -0.39 is 5.67 Å². The third-order valence-electron chi connectivity index (χ3n) is 3.59. The van der Waals surface area contributed by atoms with Crippen LogP contribution in [0, 0.1) is 0 Å². The van der Waals surface area contributed by atoms with Crippen LogP contribution in [0.5, 0.6) is 0 Å². The van der Waals surface area contributed by atoms with Gasteiger partial charge in [0.1, 0.15) is 5.67 Å². The Bertz CT molecular complexity index is 341. The zero-order valence-corrected chi connectivity index (χ0v) is 10.2. The van der Waals surface area contributed by atoms with Gasteiger partial charge in [0.05, 0.1) is 0 Å². The summed E-state index contributed by atoms with van der Waals surface area (Å²) in [5, 5.41) is 0. The van der Waals surface area contributed by atoms with Crippen molar-refractivity contribution in [1.82, 2.24) is 4.90 Å². The molecule has 0 amide bonds. The van der Waals surface area contributed by atoms with Crippen LogP contribution in [-0.4, -0.2) is 30.2 Å². The second-order valence-electron chi connectivity index (χ2n) is 4.97. The second kappa shape index (κ2) is 5.61. The van der Waals surface area contributed by atoms with Gasteiger partial charge >= 0.3 is 0 Å². The molecule has 0 bridgehead atoms. The number of benzene rings is 1. The van der Waals surface area contributed by atoms with Crippen LogP contribution >= 0.6 is 0 Å². The summed E-state index contributed by atoms with van der Waals surface area (Å²) < 4.78 is 14.1. The highest BCUT2D eigenvalue weighted by molar-refractivity contribution is 5.14. The van der Waals surface area contributed by atoms with Crippen molar-refractivity contribution in [2.75, 3.05) is 19.6 Å². The molecular weight excluding hydrogens is 215 g/mol. The Balaban J connectivity index is 1.91. The molecule has 1 saturated heterocycles. The van der Waals surface area contributed by atoms with Gasteiger partial charge in [0, 0.05) is 19.6 Å².